The lowest BCUT2D eigenvalue weighted by Gasteiger charge is -2.42. The second kappa shape index (κ2) is 6.88. The maximum Gasteiger partial charge on any atom is 0.230 e. The van der Waals surface area contributed by atoms with Gasteiger partial charge in [0.2, 0.25) is 5.91 Å². The second-order valence-corrected chi connectivity index (χ2v) is 9.31. The van der Waals surface area contributed by atoms with Crippen LogP contribution in [0.5, 0.6) is 0 Å². The summed E-state index contributed by atoms with van der Waals surface area (Å²) in [6.07, 6.45) is 11.3. The number of nitrogens with zero attached hydrogens (tertiary/aromatic N) is 1. The van der Waals surface area contributed by atoms with Gasteiger partial charge in [-0.1, -0.05) is 32.1 Å². The first-order chi connectivity index (χ1) is 13.2. The van der Waals surface area contributed by atoms with Crippen LogP contribution in [0.4, 0.5) is 10.1 Å². The van der Waals surface area contributed by atoms with Gasteiger partial charge < -0.3 is 10.2 Å². The molecule has 0 aromatic heterocycles. The molecule has 2 saturated carbocycles. The molecule has 0 radical (unpaired) electrons. The normalized spacial score (nSPS) is 27.7. The maximum absolute atomic E-state index is 14.3. The molecular weight excluding hydrogens is 339 g/mol. The topological polar surface area (TPSA) is 32.3 Å². The molecule has 3 nitrogen and oxygen atoms in total. The lowest BCUT2D eigenvalue weighted by Crippen LogP contribution is -2.53. The van der Waals surface area contributed by atoms with E-state index in [4.69, 9.17) is 0 Å². The fourth-order valence-electron chi connectivity index (χ4n) is 6.01. The third kappa shape index (κ3) is 3.00. The molecule has 3 fully saturated rings. The molecule has 146 valence electrons. The van der Waals surface area contributed by atoms with Gasteiger partial charge in [0.25, 0.3) is 0 Å². The highest BCUT2D eigenvalue weighted by atomic mass is 19.1. The van der Waals surface area contributed by atoms with E-state index in [0.717, 1.165) is 62.4 Å². The summed E-state index contributed by atoms with van der Waals surface area (Å²) in [5, 5.41) is 3.48. The Morgan fingerprint density at radius 2 is 1.85 bits per heavy atom. The van der Waals surface area contributed by atoms with Crippen LogP contribution in [0.25, 0.3) is 0 Å². The first kappa shape index (κ1) is 17.7. The minimum absolute atomic E-state index is 0.0599. The quantitative estimate of drug-likeness (QED) is 0.847. The van der Waals surface area contributed by atoms with Crippen LogP contribution in [-0.2, 0) is 10.2 Å². The Hall–Kier alpha value is -1.42. The van der Waals surface area contributed by atoms with E-state index in [2.05, 4.69) is 10.2 Å². The van der Waals surface area contributed by atoms with Crippen molar-refractivity contribution < 1.29 is 9.18 Å². The molecule has 1 atom stereocenters. The zero-order chi connectivity index (χ0) is 18.4. The van der Waals surface area contributed by atoms with Gasteiger partial charge in [-0.15, -0.1) is 0 Å². The summed E-state index contributed by atoms with van der Waals surface area (Å²) in [6, 6.07) is 5.41. The van der Waals surface area contributed by atoms with Crippen LogP contribution in [0, 0.1) is 17.7 Å². The van der Waals surface area contributed by atoms with E-state index in [1.807, 2.05) is 6.07 Å². The summed E-state index contributed by atoms with van der Waals surface area (Å²) < 4.78 is 14.3. The Balaban J connectivity index is 1.58. The van der Waals surface area contributed by atoms with Crippen molar-refractivity contribution in [1.82, 2.24) is 5.32 Å². The van der Waals surface area contributed by atoms with Gasteiger partial charge in [0, 0.05) is 23.1 Å². The average Bonchev–Trinajstić information content (AvgIpc) is 3.50. The molecule has 5 rings (SSSR count). The predicted octanol–water partition coefficient (Wildman–Crippen LogP) is 4.54. The van der Waals surface area contributed by atoms with E-state index in [9.17, 15) is 9.18 Å². The van der Waals surface area contributed by atoms with E-state index in [1.165, 1.54) is 32.1 Å². The van der Waals surface area contributed by atoms with Crippen LogP contribution in [0.15, 0.2) is 18.2 Å². The number of carbonyl (C=O) groups is 1. The van der Waals surface area contributed by atoms with E-state index < -0.39 is 0 Å². The molecule has 2 aliphatic heterocycles. The number of carbonyl (C=O) groups excluding carboxylic acids is 1. The SMILES string of the molecule is O=C(C1CCCCC1)N1c2ccc(F)cc2C2(CCNCC2)C1CC1CC1. The van der Waals surface area contributed by atoms with Crippen molar-refractivity contribution in [2.45, 2.75) is 75.7 Å². The Kier molecular flexibility index (Phi) is 4.50. The molecule has 27 heavy (non-hydrogen) atoms. The third-order valence-electron chi connectivity index (χ3n) is 7.65. The van der Waals surface area contributed by atoms with Crippen molar-refractivity contribution in [1.29, 1.82) is 0 Å². The summed E-state index contributed by atoms with van der Waals surface area (Å²) in [5.41, 5.74) is 2.06. The number of anilines is 1. The Labute approximate surface area is 161 Å². The van der Waals surface area contributed by atoms with Gasteiger partial charge in [-0.3, -0.25) is 4.79 Å². The summed E-state index contributed by atoms with van der Waals surface area (Å²) >= 11 is 0. The minimum atomic E-state index is -0.163. The van der Waals surface area contributed by atoms with E-state index in [1.54, 1.807) is 12.1 Å². The van der Waals surface area contributed by atoms with Gasteiger partial charge in [-0.05, 0) is 74.9 Å². The average molecular weight is 371 g/mol. The van der Waals surface area contributed by atoms with Gasteiger partial charge in [0.05, 0.1) is 0 Å². The van der Waals surface area contributed by atoms with Crippen molar-refractivity contribution in [2.24, 2.45) is 11.8 Å². The van der Waals surface area contributed by atoms with Crippen LogP contribution < -0.4 is 10.2 Å². The molecule has 4 heteroatoms. The second-order valence-electron chi connectivity index (χ2n) is 9.31. The number of rotatable bonds is 3. The first-order valence-electron chi connectivity index (χ1n) is 11.0. The van der Waals surface area contributed by atoms with Crippen LogP contribution in [-0.4, -0.2) is 25.0 Å². The molecule has 1 saturated heterocycles. The highest BCUT2D eigenvalue weighted by molar-refractivity contribution is 5.98. The van der Waals surface area contributed by atoms with Gasteiger partial charge >= 0.3 is 0 Å². The number of fused-ring (bicyclic) bond motifs is 2. The van der Waals surface area contributed by atoms with Crippen LogP contribution in [0.2, 0.25) is 0 Å². The maximum atomic E-state index is 14.3. The largest absolute Gasteiger partial charge is 0.317 e. The summed E-state index contributed by atoms with van der Waals surface area (Å²) in [7, 11) is 0. The predicted molar refractivity (Wildman–Crippen MR) is 105 cm³/mol. The van der Waals surface area contributed by atoms with Crippen LogP contribution >= 0.6 is 0 Å². The first-order valence-corrected chi connectivity index (χ1v) is 11.0. The smallest absolute Gasteiger partial charge is 0.230 e. The zero-order valence-corrected chi connectivity index (χ0v) is 16.2. The molecule has 1 N–H and O–H groups in total. The number of amides is 1. The van der Waals surface area contributed by atoms with Crippen molar-refractivity contribution in [3.05, 3.63) is 29.6 Å². The summed E-state index contributed by atoms with van der Waals surface area (Å²) in [6.45, 7) is 1.92. The van der Waals surface area contributed by atoms with Crippen LogP contribution in [0.1, 0.15) is 69.8 Å². The van der Waals surface area contributed by atoms with Gasteiger partial charge in [0.1, 0.15) is 5.82 Å². The van der Waals surface area contributed by atoms with Gasteiger partial charge in [-0.25, -0.2) is 4.39 Å². The van der Waals surface area contributed by atoms with Gasteiger partial charge in [-0.2, -0.15) is 0 Å². The molecule has 1 aromatic carbocycles. The molecular formula is C23H31FN2O. The van der Waals surface area contributed by atoms with E-state index >= 15 is 0 Å². The van der Waals surface area contributed by atoms with Crippen molar-refractivity contribution in [3.63, 3.8) is 0 Å². The molecule has 2 heterocycles. The number of hydrogen-bond donors (Lipinski definition) is 1. The summed E-state index contributed by atoms with van der Waals surface area (Å²) in [4.78, 5) is 15.9. The summed E-state index contributed by atoms with van der Waals surface area (Å²) in [5.74, 6) is 1.07. The molecule has 1 aromatic rings. The molecule has 1 amide bonds. The standard InChI is InChI=1S/C23H31FN2O/c24-18-8-9-20-19(15-18)23(10-12-25-13-11-23)21(14-16-6-7-16)26(20)22(27)17-4-2-1-3-5-17/h8-9,15-17,21,25H,1-7,10-14H2. The highest BCUT2D eigenvalue weighted by Crippen LogP contribution is 2.54. The number of halogens is 1. The number of nitrogens with one attached hydrogen (secondary N) is 1. The van der Waals surface area contributed by atoms with Crippen molar-refractivity contribution in [3.8, 4) is 0 Å². The molecule has 1 unspecified atom stereocenters. The number of piperidine rings is 1. The zero-order valence-electron chi connectivity index (χ0n) is 16.2. The fraction of sp³-hybridized carbons (Fsp3) is 0.696. The van der Waals surface area contributed by atoms with Crippen molar-refractivity contribution in [2.75, 3.05) is 18.0 Å². The number of hydrogen-bond acceptors (Lipinski definition) is 2. The molecule has 1 spiro atoms. The minimum Gasteiger partial charge on any atom is -0.317 e. The Morgan fingerprint density at radius 1 is 1.11 bits per heavy atom. The number of benzene rings is 1. The molecule has 2 aliphatic carbocycles. The molecule has 0 bridgehead atoms. The Morgan fingerprint density at radius 3 is 2.56 bits per heavy atom. The fourth-order valence-corrected chi connectivity index (χ4v) is 6.01. The monoisotopic (exact) mass is 370 g/mol. The lowest BCUT2D eigenvalue weighted by atomic mass is 9.68. The third-order valence-corrected chi connectivity index (χ3v) is 7.65. The van der Waals surface area contributed by atoms with E-state index in [0.29, 0.717) is 5.91 Å². The van der Waals surface area contributed by atoms with Crippen LogP contribution in [0.3, 0.4) is 0 Å². The molecule has 4 aliphatic rings. The highest BCUT2D eigenvalue weighted by Gasteiger charge is 2.54. The Bertz CT molecular complexity index is 717. The van der Waals surface area contributed by atoms with Gasteiger partial charge in [0.15, 0.2) is 0 Å². The van der Waals surface area contributed by atoms with E-state index in [-0.39, 0.29) is 23.2 Å². The van der Waals surface area contributed by atoms with Crippen molar-refractivity contribution >= 4 is 11.6 Å². The lowest BCUT2D eigenvalue weighted by molar-refractivity contribution is -0.124.